The lowest BCUT2D eigenvalue weighted by Gasteiger charge is -2.37. The van der Waals surface area contributed by atoms with Crippen molar-refractivity contribution in [1.29, 1.82) is 0 Å². The van der Waals surface area contributed by atoms with Crippen LogP contribution in [0, 0.1) is 5.92 Å². The predicted octanol–water partition coefficient (Wildman–Crippen LogP) is 5.04. The largest absolute Gasteiger partial charge is 0.378 e. The van der Waals surface area contributed by atoms with Gasteiger partial charge in [0.15, 0.2) is 5.82 Å². The molecule has 1 saturated carbocycles. The number of nitrogens with zero attached hydrogens (tertiary/aromatic N) is 6. The molecular formula is C28H37F2N7O. The number of alkyl halides is 2. The summed E-state index contributed by atoms with van der Waals surface area (Å²) >= 11 is 0. The van der Waals surface area contributed by atoms with Gasteiger partial charge < -0.3 is 15.0 Å². The molecule has 3 aliphatic rings. The number of nitrogens with one attached hydrogen (secondary N) is 1. The number of hydrogen-bond donors (Lipinski definition) is 1. The number of hydrogen-bond acceptors (Lipinski definition) is 7. The molecule has 0 radical (unpaired) electrons. The van der Waals surface area contributed by atoms with E-state index in [2.05, 4.69) is 27.0 Å². The van der Waals surface area contributed by atoms with Gasteiger partial charge in [0, 0.05) is 37.8 Å². The molecule has 2 aromatic heterocycles. The molecule has 1 N–H and O–H groups in total. The standard InChI is InChI=1S/C28H37F2N7O/c1-19-5-4-12-36(19)21-10-8-20(9-11-21)18-31-28-33-24(35-13-15-38-16-14-35)17-25(34-28)37-23-7-3-2-6-22(23)32-27(37)26(29)30/h2-3,6-7,17,19-21,26H,4-5,8-16,18H2,1H3,(H,31,33,34)/t19?,20-,21-. The van der Waals surface area contributed by atoms with Crippen LogP contribution < -0.4 is 10.2 Å². The summed E-state index contributed by atoms with van der Waals surface area (Å²) in [6.45, 7) is 6.99. The van der Waals surface area contributed by atoms with Crippen LogP contribution in [-0.2, 0) is 4.74 Å². The molecule has 6 rings (SSSR count). The van der Waals surface area contributed by atoms with Crippen LogP contribution in [0.5, 0.6) is 0 Å². The lowest BCUT2D eigenvalue weighted by molar-refractivity contribution is 0.122. The second kappa shape index (κ2) is 11.1. The third-order valence-electron chi connectivity index (χ3n) is 8.48. The van der Waals surface area contributed by atoms with Gasteiger partial charge >= 0.3 is 0 Å². The van der Waals surface area contributed by atoms with Crippen molar-refractivity contribution in [1.82, 2.24) is 24.4 Å². The van der Waals surface area contributed by atoms with Gasteiger partial charge in [-0.05, 0) is 70.0 Å². The van der Waals surface area contributed by atoms with E-state index in [4.69, 9.17) is 14.7 Å². The zero-order valence-corrected chi connectivity index (χ0v) is 22.0. The second-order valence-corrected chi connectivity index (χ2v) is 10.9. The summed E-state index contributed by atoms with van der Waals surface area (Å²) in [6.07, 6.45) is 4.73. The minimum absolute atomic E-state index is 0.307. The molecule has 0 amide bonds. The summed E-state index contributed by atoms with van der Waals surface area (Å²) in [5.41, 5.74) is 1.13. The van der Waals surface area contributed by atoms with E-state index < -0.39 is 6.43 Å². The van der Waals surface area contributed by atoms with Crippen LogP contribution in [0.25, 0.3) is 16.9 Å². The lowest BCUT2D eigenvalue weighted by atomic mass is 9.85. The van der Waals surface area contributed by atoms with Gasteiger partial charge in [-0.15, -0.1) is 0 Å². The third kappa shape index (κ3) is 5.20. The normalized spacial score (nSPS) is 24.9. The minimum atomic E-state index is -2.73. The van der Waals surface area contributed by atoms with E-state index >= 15 is 0 Å². The number of benzene rings is 1. The predicted molar refractivity (Wildman–Crippen MR) is 144 cm³/mol. The quantitative estimate of drug-likeness (QED) is 0.463. The summed E-state index contributed by atoms with van der Waals surface area (Å²) in [5, 5.41) is 3.47. The van der Waals surface area contributed by atoms with Crippen molar-refractivity contribution in [2.75, 3.05) is 49.6 Å². The third-order valence-corrected chi connectivity index (χ3v) is 8.48. The van der Waals surface area contributed by atoms with Gasteiger partial charge in [-0.1, -0.05) is 12.1 Å². The van der Waals surface area contributed by atoms with Crippen molar-refractivity contribution >= 4 is 22.8 Å². The Morgan fingerprint density at radius 2 is 1.74 bits per heavy atom. The van der Waals surface area contributed by atoms with Gasteiger partial charge in [-0.2, -0.15) is 9.97 Å². The van der Waals surface area contributed by atoms with E-state index in [1.807, 2.05) is 6.07 Å². The Hall–Kier alpha value is -2.85. The maximum Gasteiger partial charge on any atom is 0.296 e. The zero-order chi connectivity index (χ0) is 26.1. The van der Waals surface area contributed by atoms with Gasteiger partial charge in [0.05, 0.1) is 24.2 Å². The summed E-state index contributed by atoms with van der Waals surface area (Å²) in [7, 11) is 0. The van der Waals surface area contributed by atoms with E-state index in [-0.39, 0.29) is 5.82 Å². The molecule has 204 valence electrons. The number of ether oxygens (including phenoxy) is 1. The number of imidazole rings is 1. The molecule has 3 aromatic rings. The highest BCUT2D eigenvalue weighted by Gasteiger charge is 2.31. The lowest BCUT2D eigenvalue weighted by Crippen LogP contribution is -2.40. The second-order valence-electron chi connectivity index (χ2n) is 10.9. The molecule has 38 heavy (non-hydrogen) atoms. The molecule has 1 aliphatic carbocycles. The molecule has 0 spiro atoms. The molecular weight excluding hydrogens is 488 g/mol. The fourth-order valence-electron chi connectivity index (χ4n) is 6.42. The van der Waals surface area contributed by atoms with Crippen molar-refractivity contribution in [3.63, 3.8) is 0 Å². The first kappa shape index (κ1) is 25.4. The van der Waals surface area contributed by atoms with E-state index in [1.165, 1.54) is 49.6 Å². The fraction of sp³-hybridized carbons (Fsp3) is 0.607. The average Bonchev–Trinajstić information content (AvgIpc) is 3.56. The Balaban J connectivity index is 1.24. The molecule has 8 nitrogen and oxygen atoms in total. The molecule has 10 heteroatoms. The van der Waals surface area contributed by atoms with Crippen molar-refractivity contribution in [3.8, 4) is 5.82 Å². The number of likely N-dealkylation sites (tertiary alicyclic amines) is 1. The number of para-hydroxylation sites is 2. The molecule has 0 bridgehead atoms. The number of rotatable bonds is 7. The molecule has 2 aliphatic heterocycles. The maximum absolute atomic E-state index is 14.1. The monoisotopic (exact) mass is 525 g/mol. The van der Waals surface area contributed by atoms with E-state index in [9.17, 15) is 8.78 Å². The fourth-order valence-corrected chi connectivity index (χ4v) is 6.42. The molecule has 3 fully saturated rings. The van der Waals surface area contributed by atoms with Gasteiger partial charge in [-0.25, -0.2) is 13.8 Å². The SMILES string of the molecule is CC1CCCN1[C@H]1CC[C@H](CNc2nc(N3CCOCC3)cc(-n3c(C(F)F)nc4ccccc43)n2)CC1. The first-order valence-corrected chi connectivity index (χ1v) is 14.0. The van der Waals surface area contributed by atoms with Crippen molar-refractivity contribution in [2.24, 2.45) is 5.92 Å². The summed E-state index contributed by atoms with van der Waals surface area (Å²) in [6, 6.07) is 10.4. The van der Waals surface area contributed by atoms with Gasteiger partial charge in [-0.3, -0.25) is 9.47 Å². The van der Waals surface area contributed by atoms with Gasteiger partial charge in [0.2, 0.25) is 5.95 Å². The highest BCUT2D eigenvalue weighted by molar-refractivity contribution is 5.78. The Bertz CT molecular complexity index is 1240. The smallest absolute Gasteiger partial charge is 0.296 e. The van der Waals surface area contributed by atoms with Crippen LogP contribution in [-0.4, -0.2) is 75.9 Å². The Morgan fingerprint density at radius 3 is 2.47 bits per heavy atom. The molecule has 1 aromatic carbocycles. The highest BCUT2D eigenvalue weighted by atomic mass is 19.3. The highest BCUT2D eigenvalue weighted by Crippen LogP contribution is 2.33. The molecule has 1 atom stereocenters. The van der Waals surface area contributed by atoms with Crippen molar-refractivity contribution < 1.29 is 13.5 Å². The van der Waals surface area contributed by atoms with Crippen LogP contribution in [0.2, 0.25) is 0 Å². The van der Waals surface area contributed by atoms with Crippen LogP contribution >= 0.6 is 0 Å². The summed E-state index contributed by atoms with van der Waals surface area (Å²) in [4.78, 5) is 18.6. The van der Waals surface area contributed by atoms with Crippen LogP contribution in [0.15, 0.2) is 30.3 Å². The summed E-state index contributed by atoms with van der Waals surface area (Å²) in [5.74, 6) is 1.83. The minimum Gasteiger partial charge on any atom is -0.378 e. The number of fused-ring (bicyclic) bond motifs is 1. The van der Waals surface area contributed by atoms with Crippen LogP contribution in [0.3, 0.4) is 0 Å². The Morgan fingerprint density at radius 1 is 0.974 bits per heavy atom. The summed E-state index contributed by atoms with van der Waals surface area (Å²) < 4.78 is 35.2. The topological polar surface area (TPSA) is 71.3 Å². The van der Waals surface area contributed by atoms with Crippen LogP contribution in [0.1, 0.15) is 57.7 Å². The number of halogens is 2. The molecule has 2 saturated heterocycles. The first-order valence-electron chi connectivity index (χ1n) is 14.0. The van der Waals surface area contributed by atoms with Crippen molar-refractivity contribution in [3.05, 3.63) is 36.2 Å². The van der Waals surface area contributed by atoms with Crippen LogP contribution in [0.4, 0.5) is 20.5 Å². The Kier molecular flexibility index (Phi) is 7.43. The van der Waals surface area contributed by atoms with E-state index in [1.54, 1.807) is 24.3 Å². The zero-order valence-electron chi connectivity index (χ0n) is 22.0. The van der Waals surface area contributed by atoms with E-state index in [0.717, 1.165) is 6.54 Å². The number of aromatic nitrogens is 4. The van der Waals surface area contributed by atoms with Crippen molar-refractivity contribution in [2.45, 2.75) is 64.0 Å². The van der Waals surface area contributed by atoms with Gasteiger partial charge in [0.1, 0.15) is 11.6 Å². The molecule has 4 heterocycles. The number of morpholine rings is 1. The molecule has 1 unspecified atom stereocenters. The maximum atomic E-state index is 14.1. The number of anilines is 2. The average molecular weight is 526 g/mol. The van der Waals surface area contributed by atoms with Gasteiger partial charge in [0.25, 0.3) is 6.43 Å². The van der Waals surface area contributed by atoms with E-state index in [0.29, 0.717) is 72.9 Å². The first-order chi connectivity index (χ1) is 18.6. The Labute approximate surface area is 222 Å².